The predicted octanol–water partition coefficient (Wildman–Crippen LogP) is 3.59. The zero-order chi connectivity index (χ0) is 18.5. The highest BCUT2D eigenvalue weighted by atomic mass is 35.5. The molecule has 2 N–H and O–H groups in total. The van der Waals surface area contributed by atoms with Crippen LogP contribution in [0.5, 0.6) is 0 Å². The molecule has 3 aliphatic rings. The molecular formula is C23H38ClN3O. The van der Waals surface area contributed by atoms with Crippen LogP contribution in [0.1, 0.15) is 50.2 Å². The first-order chi connectivity index (χ1) is 13.3. The van der Waals surface area contributed by atoms with Crippen molar-refractivity contribution < 1.29 is 4.74 Å². The third-order valence-electron chi connectivity index (χ3n) is 6.84. The van der Waals surface area contributed by atoms with Gasteiger partial charge in [0.05, 0.1) is 13.2 Å². The second-order valence-corrected chi connectivity index (χ2v) is 8.97. The number of piperidine rings is 1. The number of hydrogen-bond acceptors (Lipinski definition) is 4. The van der Waals surface area contributed by atoms with Crippen molar-refractivity contribution in [3.8, 4) is 0 Å². The number of halogens is 1. The molecule has 1 aliphatic carbocycles. The average Bonchev–Trinajstić information content (AvgIpc) is 3.17. The second-order valence-electron chi connectivity index (χ2n) is 8.97. The van der Waals surface area contributed by atoms with Crippen LogP contribution in [0.3, 0.4) is 0 Å². The molecule has 2 aliphatic heterocycles. The van der Waals surface area contributed by atoms with E-state index in [1.54, 1.807) is 0 Å². The number of nitrogens with one attached hydrogen (secondary N) is 2. The molecule has 0 spiro atoms. The first-order valence-corrected chi connectivity index (χ1v) is 11.1. The summed E-state index contributed by atoms with van der Waals surface area (Å²) in [5, 5.41) is 7.60. The SMILES string of the molecule is CC1CCCN(Cc2ccccc2CNC2CCCC2C2COCCN2)C1.Cl. The van der Waals surface area contributed by atoms with Gasteiger partial charge in [-0.25, -0.2) is 0 Å². The molecule has 1 saturated carbocycles. The summed E-state index contributed by atoms with van der Waals surface area (Å²) in [5.74, 6) is 1.55. The Bertz CT molecular complexity index is 593. The molecule has 0 amide bonds. The standard InChI is InChI=1S/C23H37N3O.ClH/c1-18-6-5-12-26(15-18)16-20-8-3-2-7-19(20)14-25-22-10-4-9-21(22)23-17-27-13-11-24-23;/h2-3,7-8,18,21-25H,4-6,9-17H2,1H3;1H. The molecule has 1 aromatic carbocycles. The highest BCUT2D eigenvalue weighted by Crippen LogP contribution is 2.30. The number of benzene rings is 1. The van der Waals surface area contributed by atoms with Gasteiger partial charge in [-0.1, -0.05) is 37.6 Å². The van der Waals surface area contributed by atoms with Gasteiger partial charge < -0.3 is 15.4 Å². The Kier molecular flexibility index (Phi) is 8.61. The van der Waals surface area contributed by atoms with Crippen LogP contribution in [0.2, 0.25) is 0 Å². The monoisotopic (exact) mass is 407 g/mol. The number of hydrogen-bond donors (Lipinski definition) is 2. The molecular weight excluding hydrogens is 370 g/mol. The highest BCUT2D eigenvalue weighted by molar-refractivity contribution is 5.85. The molecule has 0 bridgehead atoms. The third-order valence-corrected chi connectivity index (χ3v) is 6.84. The van der Waals surface area contributed by atoms with E-state index in [0.29, 0.717) is 18.0 Å². The van der Waals surface area contributed by atoms with Gasteiger partial charge in [0.1, 0.15) is 0 Å². The summed E-state index contributed by atoms with van der Waals surface area (Å²) in [6.07, 6.45) is 6.71. The van der Waals surface area contributed by atoms with Crippen molar-refractivity contribution in [1.29, 1.82) is 0 Å². The van der Waals surface area contributed by atoms with Crippen LogP contribution in [-0.4, -0.2) is 49.8 Å². The van der Waals surface area contributed by atoms with Crippen LogP contribution in [0.4, 0.5) is 0 Å². The Labute approximate surface area is 177 Å². The topological polar surface area (TPSA) is 36.5 Å². The van der Waals surface area contributed by atoms with E-state index in [1.165, 1.54) is 56.3 Å². The van der Waals surface area contributed by atoms with Gasteiger partial charge >= 0.3 is 0 Å². The van der Waals surface area contributed by atoms with Gasteiger partial charge in [0.25, 0.3) is 0 Å². The van der Waals surface area contributed by atoms with Crippen molar-refractivity contribution in [1.82, 2.24) is 15.5 Å². The quantitative estimate of drug-likeness (QED) is 0.755. The zero-order valence-corrected chi connectivity index (χ0v) is 18.2. The number of ether oxygens (including phenoxy) is 1. The Morgan fingerprint density at radius 1 is 1.14 bits per heavy atom. The van der Waals surface area contributed by atoms with Crippen molar-refractivity contribution in [3.05, 3.63) is 35.4 Å². The summed E-state index contributed by atoms with van der Waals surface area (Å²) in [4.78, 5) is 2.65. The van der Waals surface area contributed by atoms with Crippen LogP contribution in [0, 0.1) is 11.8 Å². The smallest absolute Gasteiger partial charge is 0.0623 e. The first kappa shape index (κ1) is 22.0. The zero-order valence-electron chi connectivity index (χ0n) is 17.4. The molecule has 0 aromatic heterocycles. The van der Waals surface area contributed by atoms with Crippen molar-refractivity contribution in [2.75, 3.05) is 32.8 Å². The van der Waals surface area contributed by atoms with Crippen molar-refractivity contribution in [3.63, 3.8) is 0 Å². The van der Waals surface area contributed by atoms with Crippen LogP contribution in [-0.2, 0) is 17.8 Å². The molecule has 1 aromatic rings. The lowest BCUT2D eigenvalue weighted by Gasteiger charge is -2.33. The maximum absolute atomic E-state index is 5.72. The lowest BCUT2D eigenvalue weighted by molar-refractivity contribution is 0.0524. The summed E-state index contributed by atoms with van der Waals surface area (Å²) in [6.45, 7) is 9.75. The van der Waals surface area contributed by atoms with Crippen LogP contribution in [0.25, 0.3) is 0 Å². The van der Waals surface area contributed by atoms with E-state index in [2.05, 4.69) is 46.7 Å². The van der Waals surface area contributed by atoms with Crippen LogP contribution < -0.4 is 10.6 Å². The minimum atomic E-state index is 0. The molecule has 3 fully saturated rings. The van der Waals surface area contributed by atoms with Gasteiger partial charge in [0, 0.05) is 38.3 Å². The fourth-order valence-electron chi connectivity index (χ4n) is 5.38. The molecule has 28 heavy (non-hydrogen) atoms. The molecule has 2 heterocycles. The molecule has 0 radical (unpaired) electrons. The Balaban J connectivity index is 0.00000225. The maximum atomic E-state index is 5.72. The fourth-order valence-corrected chi connectivity index (χ4v) is 5.38. The molecule has 4 unspecified atom stereocenters. The molecule has 4 rings (SSSR count). The Hall–Kier alpha value is -0.650. The number of rotatable bonds is 6. The van der Waals surface area contributed by atoms with Gasteiger partial charge in [-0.05, 0) is 55.2 Å². The summed E-state index contributed by atoms with van der Waals surface area (Å²) >= 11 is 0. The van der Waals surface area contributed by atoms with E-state index in [0.717, 1.165) is 38.8 Å². The van der Waals surface area contributed by atoms with Gasteiger partial charge in [0.15, 0.2) is 0 Å². The number of likely N-dealkylation sites (tertiary alicyclic amines) is 1. The van der Waals surface area contributed by atoms with Gasteiger partial charge in [0.2, 0.25) is 0 Å². The minimum absolute atomic E-state index is 0. The van der Waals surface area contributed by atoms with E-state index in [4.69, 9.17) is 4.74 Å². The second kappa shape index (κ2) is 10.9. The lowest BCUT2D eigenvalue weighted by atomic mass is 9.93. The Morgan fingerprint density at radius 3 is 2.79 bits per heavy atom. The van der Waals surface area contributed by atoms with Gasteiger partial charge in [-0.15, -0.1) is 12.4 Å². The minimum Gasteiger partial charge on any atom is -0.379 e. The average molecular weight is 408 g/mol. The summed E-state index contributed by atoms with van der Waals surface area (Å²) in [7, 11) is 0. The fraction of sp³-hybridized carbons (Fsp3) is 0.739. The Morgan fingerprint density at radius 2 is 2.00 bits per heavy atom. The predicted molar refractivity (Wildman–Crippen MR) is 118 cm³/mol. The normalized spacial score (nSPS) is 31.5. The molecule has 4 atom stereocenters. The molecule has 2 saturated heterocycles. The van der Waals surface area contributed by atoms with Crippen molar-refractivity contribution >= 4 is 12.4 Å². The van der Waals surface area contributed by atoms with Crippen molar-refractivity contribution in [2.24, 2.45) is 11.8 Å². The highest BCUT2D eigenvalue weighted by Gasteiger charge is 2.34. The molecule has 158 valence electrons. The third kappa shape index (κ3) is 5.70. The number of morpholine rings is 1. The van der Waals surface area contributed by atoms with E-state index in [1.807, 2.05) is 0 Å². The van der Waals surface area contributed by atoms with E-state index < -0.39 is 0 Å². The van der Waals surface area contributed by atoms with Gasteiger partial charge in [-0.2, -0.15) is 0 Å². The van der Waals surface area contributed by atoms with E-state index in [-0.39, 0.29) is 12.4 Å². The molecule has 4 nitrogen and oxygen atoms in total. The van der Waals surface area contributed by atoms with E-state index in [9.17, 15) is 0 Å². The summed E-state index contributed by atoms with van der Waals surface area (Å²) < 4.78 is 5.72. The summed E-state index contributed by atoms with van der Waals surface area (Å²) in [5.41, 5.74) is 2.99. The largest absolute Gasteiger partial charge is 0.379 e. The molecule has 5 heteroatoms. The van der Waals surface area contributed by atoms with Crippen LogP contribution >= 0.6 is 12.4 Å². The van der Waals surface area contributed by atoms with E-state index >= 15 is 0 Å². The van der Waals surface area contributed by atoms with Crippen molar-refractivity contribution in [2.45, 2.75) is 64.2 Å². The maximum Gasteiger partial charge on any atom is 0.0623 e. The first-order valence-electron chi connectivity index (χ1n) is 11.1. The van der Waals surface area contributed by atoms with Crippen LogP contribution in [0.15, 0.2) is 24.3 Å². The lowest BCUT2D eigenvalue weighted by Crippen LogP contribution is -2.50. The van der Waals surface area contributed by atoms with Gasteiger partial charge in [-0.3, -0.25) is 4.90 Å². The number of nitrogens with zero attached hydrogens (tertiary/aromatic N) is 1. The summed E-state index contributed by atoms with van der Waals surface area (Å²) in [6, 6.07) is 10.2.